The molecule has 4 aromatic rings. The van der Waals surface area contributed by atoms with Crippen LogP contribution in [0.1, 0.15) is 18.5 Å². The maximum atomic E-state index is 13.7. The Kier molecular flexibility index (Phi) is 5.63. The van der Waals surface area contributed by atoms with Gasteiger partial charge < -0.3 is 20.1 Å². The maximum absolute atomic E-state index is 13.7. The van der Waals surface area contributed by atoms with Crippen LogP contribution in [0.4, 0.5) is 11.6 Å². The van der Waals surface area contributed by atoms with Gasteiger partial charge in [0.1, 0.15) is 0 Å². The minimum Gasteiger partial charge on any atom is -0.493 e. The summed E-state index contributed by atoms with van der Waals surface area (Å²) in [6.07, 6.45) is 0. The zero-order chi connectivity index (χ0) is 23.8. The number of fused-ring (bicyclic) bond motifs is 3. The average molecular weight is 475 g/mol. The van der Waals surface area contributed by atoms with Crippen molar-refractivity contribution >= 4 is 40.2 Å². The number of hydrogen-bond acceptors (Lipinski definition) is 5. The molecule has 0 saturated heterocycles. The number of anilines is 2. The standard InChI is InChI=1S/C26H23ClN4O3/c1-15-23(25(32)29-18-8-6-7-17(27)14-18)24(16-11-12-21(33-2)22(13-16)34-3)31-20-10-5-4-9-19(20)30-26(31)28-15/h4-14,24H,1-3H3,(H,28,30)(H,29,32)/t24-/m0/s1. The summed E-state index contributed by atoms with van der Waals surface area (Å²) in [7, 11) is 3.19. The molecule has 172 valence electrons. The van der Waals surface area contributed by atoms with Crippen molar-refractivity contribution in [2.75, 3.05) is 24.9 Å². The highest BCUT2D eigenvalue weighted by atomic mass is 35.5. The molecule has 1 amide bonds. The van der Waals surface area contributed by atoms with Gasteiger partial charge in [-0.05, 0) is 55.0 Å². The van der Waals surface area contributed by atoms with Gasteiger partial charge in [0.05, 0.1) is 36.9 Å². The highest BCUT2D eigenvalue weighted by Gasteiger charge is 2.34. The Hall–Kier alpha value is -3.97. The van der Waals surface area contributed by atoms with Gasteiger partial charge in [0.2, 0.25) is 5.95 Å². The lowest BCUT2D eigenvalue weighted by Gasteiger charge is -2.31. The fraction of sp³-hybridized carbons (Fsp3) is 0.154. The first kappa shape index (κ1) is 21.9. The number of imidazole rings is 1. The van der Waals surface area contributed by atoms with E-state index in [1.54, 1.807) is 38.5 Å². The first-order chi connectivity index (χ1) is 16.5. The van der Waals surface area contributed by atoms with Gasteiger partial charge in [0.25, 0.3) is 5.91 Å². The number of ether oxygens (including phenoxy) is 2. The van der Waals surface area contributed by atoms with E-state index in [1.165, 1.54) is 0 Å². The minimum atomic E-state index is -0.456. The van der Waals surface area contributed by atoms with Crippen LogP contribution in [0.3, 0.4) is 0 Å². The third kappa shape index (κ3) is 3.74. The summed E-state index contributed by atoms with van der Waals surface area (Å²) in [6.45, 7) is 1.88. The number of rotatable bonds is 5. The van der Waals surface area contributed by atoms with Crippen LogP contribution in [0.2, 0.25) is 5.02 Å². The number of carbonyl (C=O) groups excluding carboxylic acids is 1. The molecule has 0 fully saturated rings. The van der Waals surface area contributed by atoms with E-state index in [1.807, 2.05) is 54.0 Å². The van der Waals surface area contributed by atoms with Gasteiger partial charge in [0.15, 0.2) is 11.5 Å². The number of aromatic nitrogens is 2. The number of para-hydroxylation sites is 2. The summed E-state index contributed by atoms with van der Waals surface area (Å²) in [4.78, 5) is 18.4. The second-order valence-electron chi connectivity index (χ2n) is 7.94. The second kappa shape index (κ2) is 8.76. The van der Waals surface area contributed by atoms with E-state index in [0.29, 0.717) is 39.4 Å². The van der Waals surface area contributed by atoms with E-state index < -0.39 is 6.04 Å². The molecule has 7 nitrogen and oxygen atoms in total. The molecule has 1 aromatic heterocycles. The molecule has 8 heteroatoms. The van der Waals surface area contributed by atoms with Crippen LogP contribution in [-0.2, 0) is 4.79 Å². The van der Waals surface area contributed by atoms with Crippen molar-refractivity contribution in [1.82, 2.24) is 9.55 Å². The number of methoxy groups -OCH3 is 2. The predicted octanol–water partition coefficient (Wildman–Crippen LogP) is 5.63. The largest absolute Gasteiger partial charge is 0.493 e. The SMILES string of the molecule is COc1ccc([C@H]2C(C(=O)Nc3cccc(Cl)c3)=C(C)Nc3nc4ccccc4n32)cc1OC. The molecular weight excluding hydrogens is 452 g/mol. The molecule has 2 heterocycles. The Morgan fingerprint density at radius 3 is 2.59 bits per heavy atom. The molecule has 5 rings (SSSR count). The van der Waals surface area contributed by atoms with Gasteiger partial charge in [-0.1, -0.05) is 35.9 Å². The number of halogens is 1. The molecule has 34 heavy (non-hydrogen) atoms. The normalized spacial score (nSPS) is 15.0. The Bertz CT molecular complexity index is 1440. The van der Waals surface area contributed by atoms with Crippen LogP contribution in [-0.4, -0.2) is 29.7 Å². The quantitative estimate of drug-likeness (QED) is 0.391. The van der Waals surface area contributed by atoms with Crippen molar-refractivity contribution in [2.45, 2.75) is 13.0 Å². The average Bonchev–Trinajstić information content (AvgIpc) is 3.20. The summed E-state index contributed by atoms with van der Waals surface area (Å²) in [6, 6.07) is 20.2. The molecule has 1 aliphatic rings. The van der Waals surface area contributed by atoms with Gasteiger partial charge in [-0.15, -0.1) is 0 Å². The van der Waals surface area contributed by atoms with E-state index >= 15 is 0 Å². The van der Waals surface area contributed by atoms with Crippen LogP contribution in [0.25, 0.3) is 11.0 Å². The lowest BCUT2D eigenvalue weighted by atomic mass is 9.94. The van der Waals surface area contributed by atoms with Gasteiger partial charge in [-0.25, -0.2) is 4.98 Å². The topological polar surface area (TPSA) is 77.4 Å². The Morgan fingerprint density at radius 2 is 1.82 bits per heavy atom. The zero-order valence-electron chi connectivity index (χ0n) is 18.9. The van der Waals surface area contributed by atoms with Crippen molar-refractivity contribution < 1.29 is 14.3 Å². The molecule has 0 unspecified atom stereocenters. The highest BCUT2D eigenvalue weighted by Crippen LogP contribution is 2.41. The smallest absolute Gasteiger partial charge is 0.255 e. The van der Waals surface area contributed by atoms with Crippen molar-refractivity contribution in [2.24, 2.45) is 0 Å². The summed E-state index contributed by atoms with van der Waals surface area (Å²) in [5, 5.41) is 6.86. The van der Waals surface area contributed by atoms with E-state index in [4.69, 9.17) is 26.1 Å². The molecule has 1 aliphatic heterocycles. The number of allylic oxidation sites excluding steroid dienone is 1. The van der Waals surface area contributed by atoms with Gasteiger partial charge >= 0.3 is 0 Å². The highest BCUT2D eigenvalue weighted by molar-refractivity contribution is 6.31. The Morgan fingerprint density at radius 1 is 1.03 bits per heavy atom. The van der Waals surface area contributed by atoms with Crippen molar-refractivity contribution in [1.29, 1.82) is 0 Å². The van der Waals surface area contributed by atoms with Crippen molar-refractivity contribution in [3.8, 4) is 11.5 Å². The Balaban J connectivity index is 1.68. The predicted molar refractivity (Wildman–Crippen MR) is 134 cm³/mol. The van der Waals surface area contributed by atoms with Gasteiger partial charge in [0, 0.05) is 16.4 Å². The number of hydrogen-bond donors (Lipinski definition) is 2. The second-order valence-corrected chi connectivity index (χ2v) is 8.38. The summed E-state index contributed by atoms with van der Waals surface area (Å²) < 4.78 is 13.0. The maximum Gasteiger partial charge on any atom is 0.255 e. The van der Waals surface area contributed by atoms with E-state index in [9.17, 15) is 4.79 Å². The molecular formula is C26H23ClN4O3. The molecule has 0 radical (unpaired) electrons. The molecule has 0 bridgehead atoms. The molecule has 2 N–H and O–H groups in total. The zero-order valence-corrected chi connectivity index (χ0v) is 19.7. The number of nitrogens with one attached hydrogen (secondary N) is 2. The van der Waals surface area contributed by atoms with Crippen LogP contribution in [0.5, 0.6) is 11.5 Å². The monoisotopic (exact) mass is 474 g/mol. The van der Waals surface area contributed by atoms with Crippen molar-refractivity contribution in [3.63, 3.8) is 0 Å². The first-order valence-electron chi connectivity index (χ1n) is 10.7. The van der Waals surface area contributed by atoms with Gasteiger partial charge in [-0.3, -0.25) is 9.36 Å². The number of carbonyl (C=O) groups is 1. The molecule has 3 aromatic carbocycles. The van der Waals surface area contributed by atoms with E-state index in [0.717, 1.165) is 16.6 Å². The molecule has 0 saturated carbocycles. The molecule has 0 spiro atoms. The lowest BCUT2D eigenvalue weighted by molar-refractivity contribution is -0.113. The molecule has 0 aliphatic carbocycles. The van der Waals surface area contributed by atoms with Crippen LogP contribution in [0, 0.1) is 0 Å². The fourth-order valence-electron chi connectivity index (χ4n) is 4.36. The summed E-state index contributed by atoms with van der Waals surface area (Å²) in [5.41, 5.74) is 4.49. The lowest BCUT2D eigenvalue weighted by Crippen LogP contribution is -2.31. The summed E-state index contributed by atoms with van der Waals surface area (Å²) >= 11 is 6.13. The number of nitrogens with zero attached hydrogens (tertiary/aromatic N) is 2. The number of amides is 1. The fourth-order valence-corrected chi connectivity index (χ4v) is 4.55. The van der Waals surface area contributed by atoms with Crippen LogP contribution < -0.4 is 20.1 Å². The third-order valence-corrected chi connectivity index (χ3v) is 6.12. The van der Waals surface area contributed by atoms with Crippen LogP contribution >= 0.6 is 11.6 Å². The van der Waals surface area contributed by atoms with E-state index in [-0.39, 0.29) is 5.91 Å². The van der Waals surface area contributed by atoms with Gasteiger partial charge in [-0.2, -0.15) is 0 Å². The Labute approximate surface area is 202 Å². The van der Waals surface area contributed by atoms with Crippen molar-refractivity contribution in [3.05, 3.63) is 88.6 Å². The number of benzene rings is 3. The van der Waals surface area contributed by atoms with Crippen LogP contribution in [0.15, 0.2) is 78.0 Å². The summed E-state index contributed by atoms with van der Waals surface area (Å²) in [5.74, 6) is 1.62. The van der Waals surface area contributed by atoms with E-state index in [2.05, 4.69) is 10.6 Å². The minimum absolute atomic E-state index is 0.240. The first-order valence-corrected chi connectivity index (χ1v) is 11.1. The third-order valence-electron chi connectivity index (χ3n) is 5.88. The molecule has 1 atom stereocenters.